The van der Waals surface area contributed by atoms with Crippen LogP contribution in [0.3, 0.4) is 0 Å². The number of ether oxygens (including phenoxy) is 2. The number of nitrogens with one attached hydrogen (secondary N) is 1. The number of hydrogen-bond donors (Lipinski definition) is 1. The van der Waals surface area contributed by atoms with Gasteiger partial charge in [-0.3, -0.25) is 14.4 Å². The van der Waals surface area contributed by atoms with Gasteiger partial charge in [0.05, 0.1) is 24.9 Å². The molecule has 2 saturated heterocycles. The normalized spacial score (nSPS) is 17.2. The Morgan fingerprint density at radius 3 is 2.78 bits per heavy atom. The van der Waals surface area contributed by atoms with E-state index in [1.54, 1.807) is 46.4 Å². The number of anilines is 1. The molecule has 2 aliphatic rings. The van der Waals surface area contributed by atoms with Crippen LogP contribution in [0.4, 0.5) is 5.69 Å². The minimum atomic E-state index is -0.605. The van der Waals surface area contributed by atoms with Gasteiger partial charge in [-0.1, -0.05) is 12.1 Å². The molecule has 3 aromatic rings. The van der Waals surface area contributed by atoms with Crippen LogP contribution in [-0.4, -0.2) is 60.5 Å². The average molecular weight is 577 g/mol. The zero-order valence-electron chi connectivity index (χ0n) is 23.6. The Hall–Kier alpha value is -3.92. The SMILES string of the molecule is COc1cc(CN(C(=O)c2cccc(N3CCCC3=O)c2)[C@H]2CCCCNC2=O)ccc1OCCc1scnc1C. The third-order valence-corrected chi connectivity index (χ3v) is 8.63. The van der Waals surface area contributed by atoms with Crippen LogP contribution < -0.4 is 19.7 Å². The maximum atomic E-state index is 14.0. The third kappa shape index (κ3) is 6.70. The van der Waals surface area contributed by atoms with Crippen LogP contribution in [0.2, 0.25) is 0 Å². The van der Waals surface area contributed by atoms with Gasteiger partial charge < -0.3 is 24.6 Å². The molecule has 1 atom stereocenters. The summed E-state index contributed by atoms with van der Waals surface area (Å²) in [6.45, 7) is 3.95. The van der Waals surface area contributed by atoms with Gasteiger partial charge in [0.1, 0.15) is 6.04 Å². The Kier molecular flexibility index (Phi) is 9.18. The molecule has 9 nitrogen and oxygen atoms in total. The van der Waals surface area contributed by atoms with Gasteiger partial charge in [0.2, 0.25) is 11.8 Å². The molecular weight excluding hydrogens is 540 g/mol. The van der Waals surface area contributed by atoms with Crippen LogP contribution in [0.15, 0.2) is 48.0 Å². The van der Waals surface area contributed by atoms with Gasteiger partial charge in [0.15, 0.2) is 11.5 Å². The van der Waals surface area contributed by atoms with Crippen LogP contribution in [0.25, 0.3) is 0 Å². The van der Waals surface area contributed by atoms with Gasteiger partial charge >= 0.3 is 0 Å². The van der Waals surface area contributed by atoms with Crippen molar-refractivity contribution in [3.05, 3.63) is 69.7 Å². The molecule has 2 aliphatic heterocycles. The number of benzene rings is 2. The minimum Gasteiger partial charge on any atom is -0.493 e. The summed E-state index contributed by atoms with van der Waals surface area (Å²) in [5.41, 5.74) is 4.84. The summed E-state index contributed by atoms with van der Waals surface area (Å²) in [6.07, 6.45) is 4.36. The van der Waals surface area contributed by atoms with Crippen LogP contribution >= 0.6 is 11.3 Å². The highest BCUT2D eigenvalue weighted by molar-refractivity contribution is 7.09. The van der Waals surface area contributed by atoms with E-state index >= 15 is 0 Å². The Bertz CT molecular complexity index is 1410. The first-order valence-electron chi connectivity index (χ1n) is 14.1. The number of thiazole rings is 1. The fraction of sp³-hybridized carbons (Fsp3) is 0.419. The van der Waals surface area contributed by atoms with Crippen molar-refractivity contribution in [2.75, 3.05) is 31.7 Å². The van der Waals surface area contributed by atoms with E-state index < -0.39 is 6.04 Å². The standard InChI is InChI=1S/C31H36N4O5S/c1-21-28(41-20-33-21)13-16-40-26-12-11-22(17-27(26)39-2)19-35(25-9-3-4-14-32-30(25)37)31(38)23-7-5-8-24(18-23)34-15-6-10-29(34)36/h5,7-8,11-12,17-18,20,25H,3-4,6,9-10,13-16,19H2,1-2H3,(H,32,37)/t25-/m0/s1. The van der Waals surface area contributed by atoms with Crippen molar-refractivity contribution < 1.29 is 23.9 Å². The molecule has 2 fully saturated rings. The molecule has 0 saturated carbocycles. The lowest BCUT2D eigenvalue weighted by Crippen LogP contribution is -2.48. The molecule has 5 rings (SSSR count). The van der Waals surface area contributed by atoms with E-state index in [-0.39, 0.29) is 24.3 Å². The molecule has 41 heavy (non-hydrogen) atoms. The summed E-state index contributed by atoms with van der Waals surface area (Å²) in [4.78, 5) is 48.3. The Morgan fingerprint density at radius 2 is 2.02 bits per heavy atom. The summed E-state index contributed by atoms with van der Waals surface area (Å²) in [5, 5.41) is 2.97. The van der Waals surface area contributed by atoms with Crippen LogP contribution in [0, 0.1) is 6.92 Å². The molecule has 1 N–H and O–H groups in total. The van der Waals surface area contributed by atoms with E-state index in [1.165, 1.54) is 4.88 Å². The maximum Gasteiger partial charge on any atom is 0.254 e. The lowest BCUT2D eigenvalue weighted by Gasteiger charge is -2.31. The molecule has 216 valence electrons. The van der Waals surface area contributed by atoms with Crippen LogP contribution in [0.1, 0.15) is 58.6 Å². The number of aromatic nitrogens is 1. The second kappa shape index (κ2) is 13.2. The van der Waals surface area contributed by atoms with Crippen molar-refractivity contribution in [1.29, 1.82) is 0 Å². The second-order valence-electron chi connectivity index (χ2n) is 10.4. The highest BCUT2D eigenvalue weighted by Gasteiger charge is 2.32. The molecular formula is C31H36N4O5S. The van der Waals surface area contributed by atoms with E-state index in [9.17, 15) is 14.4 Å². The smallest absolute Gasteiger partial charge is 0.254 e. The van der Waals surface area contributed by atoms with Crippen molar-refractivity contribution >= 4 is 34.7 Å². The average Bonchev–Trinajstić information content (AvgIpc) is 3.54. The molecule has 0 bridgehead atoms. The first-order valence-corrected chi connectivity index (χ1v) is 15.0. The molecule has 10 heteroatoms. The highest BCUT2D eigenvalue weighted by atomic mass is 32.1. The number of amides is 3. The lowest BCUT2D eigenvalue weighted by atomic mass is 10.0. The maximum absolute atomic E-state index is 14.0. The molecule has 2 aromatic carbocycles. The number of hydrogen-bond acceptors (Lipinski definition) is 7. The number of nitrogens with zero attached hydrogens (tertiary/aromatic N) is 3. The summed E-state index contributed by atoms with van der Waals surface area (Å²) >= 11 is 1.62. The summed E-state index contributed by atoms with van der Waals surface area (Å²) in [5.74, 6) is 0.847. The largest absolute Gasteiger partial charge is 0.493 e. The van der Waals surface area contributed by atoms with Gasteiger partial charge in [0.25, 0.3) is 5.91 Å². The Labute approximate surface area is 244 Å². The zero-order chi connectivity index (χ0) is 28.8. The highest BCUT2D eigenvalue weighted by Crippen LogP contribution is 2.31. The Morgan fingerprint density at radius 1 is 1.15 bits per heavy atom. The van der Waals surface area contributed by atoms with Gasteiger partial charge in [-0.05, 0) is 68.5 Å². The van der Waals surface area contributed by atoms with Crippen molar-refractivity contribution in [3.8, 4) is 11.5 Å². The number of rotatable bonds is 10. The first-order chi connectivity index (χ1) is 19.9. The van der Waals surface area contributed by atoms with E-state index in [4.69, 9.17) is 9.47 Å². The third-order valence-electron chi connectivity index (χ3n) is 7.63. The van der Waals surface area contributed by atoms with E-state index in [0.29, 0.717) is 55.3 Å². The fourth-order valence-corrected chi connectivity index (χ4v) is 6.15. The van der Waals surface area contributed by atoms with E-state index in [1.807, 2.05) is 36.7 Å². The molecule has 1 aromatic heterocycles. The molecule has 3 heterocycles. The number of carbonyl (C=O) groups excluding carboxylic acids is 3. The molecule has 0 spiro atoms. The molecule has 0 radical (unpaired) electrons. The predicted octanol–water partition coefficient (Wildman–Crippen LogP) is 4.52. The van der Waals surface area contributed by atoms with Gasteiger partial charge in [-0.15, -0.1) is 11.3 Å². The summed E-state index contributed by atoms with van der Waals surface area (Å²) in [7, 11) is 1.59. The first kappa shape index (κ1) is 28.6. The zero-order valence-corrected chi connectivity index (χ0v) is 24.4. The van der Waals surface area contributed by atoms with Crippen LogP contribution in [-0.2, 0) is 22.6 Å². The molecule has 0 aliphatic carbocycles. The van der Waals surface area contributed by atoms with E-state index in [0.717, 1.165) is 36.9 Å². The quantitative estimate of drug-likeness (QED) is 0.381. The summed E-state index contributed by atoms with van der Waals surface area (Å²) in [6, 6.07) is 12.2. The van der Waals surface area contributed by atoms with Gasteiger partial charge in [0, 0.05) is 48.6 Å². The molecule has 0 unspecified atom stereocenters. The number of methoxy groups -OCH3 is 1. The lowest BCUT2D eigenvalue weighted by molar-refractivity contribution is -0.125. The second-order valence-corrected chi connectivity index (χ2v) is 11.3. The van der Waals surface area contributed by atoms with E-state index in [2.05, 4.69) is 10.3 Å². The molecule has 3 amide bonds. The fourth-order valence-electron chi connectivity index (χ4n) is 5.38. The Balaban J connectivity index is 1.38. The van der Waals surface area contributed by atoms with Gasteiger partial charge in [-0.2, -0.15) is 0 Å². The van der Waals surface area contributed by atoms with Crippen molar-refractivity contribution in [3.63, 3.8) is 0 Å². The van der Waals surface area contributed by atoms with Crippen molar-refractivity contribution in [2.24, 2.45) is 0 Å². The van der Waals surface area contributed by atoms with Gasteiger partial charge in [-0.25, -0.2) is 4.98 Å². The number of aryl methyl sites for hydroxylation is 1. The summed E-state index contributed by atoms with van der Waals surface area (Å²) < 4.78 is 11.7. The van der Waals surface area contributed by atoms with Crippen LogP contribution in [0.5, 0.6) is 11.5 Å². The number of carbonyl (C=O) groups is 3. The minimum absolute atomic E-state index is 0.0613. The predicted molar refractivity (Wildman–Crippen MR) is 158 cm³/mol. The topological polar surface area (TPSA) is 101 Å². The van der Waals surface area contributed by atoms with Crippen molar-refractivity contribution in [2.45, 2.75) is 58.0 Å². The van der Waals surface area contributed by atoms with Crippen molar-refractivity contribution in [1.82, 2.24) is 15.2 Å². The monoisotopic (exact) mass is 576 g/mol.